The standard InChI is InChI=1S/C19H34N2O3/c1-20(19(22)15-24-18-5-3-2-4-6-18)17-7-10-21(11-8-17)13-16-9-12-23-14-16/h16-18H,2-15H2,1H3. The second-order valence-corrected chi connectivity index (χ2v) is 7.84. The first-order valence-corrected chi connectivity index (χ1v) is 9.89. The van der Waals surface area contributed by atoms with Gasteiger partial charge in [0.2, 0.25) is 5.91 Å². The van der Waals surface area contributed by atoms with Crippen LogP contribution in [-0.4, -0.2) is 74.4 Å². The maximum absolute atomic E-state index is 12.4. The van der Waals surface area contributed by atoms with E-state index in [4.69, 9.17) is 9.47 Å². The third kappa shape index (κ3) is 5.17. The summed E-state index contributed by atoms with van der Waals surface area (Å²) in [5.41, 5.74) is 0. The Bertz CT molecular complexity index is 384. The van der Waals surface area contributed by atoms with Crippen LogP contribution >= 0.6 is 0 Å². The number of carbonyl (C=O) groups excluding carboxylic acids is 1. The van der Waals surface area contributed by atoms with Crippen molar-refractivity contribution < 1.29 is 14.3 Å². The van der Waals surface area contributed by atoms with E-state index in [0.29, 0.717) is 18.1 Å². The summed E-state index contributed by atoms with van der Waals surface area (Å²) in [4.78, 5) is 16.9. The maximum atomic E-state index is 12.4. The Labute approximate surface area is 146 Å². The predicted molar refractivity (Wildman–Crippen MR) is 94.0 cm³/mol. The van der Waals surface area contributed by atoms with Gasteiger partial charge in [-0.25, -0.2) is 0 Å². The Morgan fingerprint density at radius 1 is 1.12 bits per heavy atom. The topological polar surface area (TPSA) is 42.0 Å². The van der Waals surface area contributed by atoms with Crippen molar-refractivity contribution in [3.05, 3.63) is 0 Å². The number of amides is 1. The van der Waals surface area contributed by atoms with Crippen LogP contribution in [0, 0.1) is 5.92 Å². The molecule has 1 atom stereocenters. The first-order chi connectivity index (χ1) is 11.7. The fourth-order valence-corrected chi connectivity index (χ4v) is 4.31. The summed E-state index contributed by atoms with van der Waals surface area (Å²) < 4.78 is 11.3. The lowest BCUT2D eigenvalue weighted by atomic mass is 9.98. The van der Waals surface area contributed by atoms with Crippen molar-refractivity contribution in [3.8, 4) is 0 Å². The average molecular weight is 338 g/mol. The van der Waals surface area contributed by atoms with E-state index < -0.39 is 0 Å². The number of rotatable bonds is 6. The van der Waals surface area contributed by atoms with Crippen LogP contribution in [0.25, 0.3) is 0 Å². The predicted octanol–water partition coefficient (Wildman–Crippen LogP) is 2.29. The van der Waals surface area contributed by atoms with Gasteiger partial charge in [0.05, 0.1) is 12.7 Å². The van der Waals surface area contributed by atoms with Gasteiger partial charge in [0.25, 0.3) is 0 Å². The minimum atomic E-state index is 0.156. The highest BCUT2D eigenvalue weighted by Gasteiger charge is 2.28. The van der Waals surface area contributed by atoms with Gasteiger partial charge in [0.1, 0.15) is 6.61 Å². The zero-order chi connectivity index (χ0) is 16.8. The molecular weight excluding hydrogens is 304 g/mol. The molecular formula is C19H34N2O3. The molecule has 1 aliphatic carbocycles. The number of ether oxygens (including phenoxy) is 2. The van der Waals surface area contributed by atoms with Crippen molar-refractivity contribution in [3.63, 3.8) is 0 Å². The Morgan fingerprint density at radius 2 is 1.88 bits per heavy atom. The fraction of sp³-hybridized carbons (Fsp3) is 0.947. The highest BCUT2D eigenvalue weighted by molar-refractivity contribution is 5.77. The van der Waals surface area contributed by atoms with Gasteiger partial charge in [-0.05, 0) is 38.0 Å². The molecule has 0 bridgehead atoms. The highest BCUT2D eigenvalue weighted by atomic mass is 16.5. The van der Waals surface area contributed by atoms with Crippen molar-refractivity contribution in [1.82, 2.24) is 9.80 Å². The van der Waals surface area contributed by atoms with Crippen molar-refractivity contribution >= 4 is 5.91 Å². The minimum absolute atomic E-state index is 0.156. The van der Waals surface area contributed by atoms with Gasteiger partial charge < -0.3 is 19.3 Å². The largest absolute Gasteiger partial charge is 0.381 e. The van der Waals surface area contributed by atoms with E-state index >= 15 is 0 Å². The number of carbonyl (C=O) groups is 1. The monoisotopic (exact) mass is 338 g/mol. The minimum Gasteiger partial charge on any atom is -0.381 e. The normalized spacial score (nSPS) is 27.5. The van der Waals surface area contributed by atoms with Crippen LogP contribution in [0.2, 0.25) is 0 Å². The number of likely N-dealkylation sites (N-methyl/N-ethyl adjacent to an activating group) is 1. The Hall–Kier alpha value is -0.650. The van der Waals surface area contributed by atoms with Gasteiger partial charge in [0.15, 0.2) is 0 Å². The molecule has 0 aromatic carbocycles. The summed E-state index contributed by atoms with van der Waals surface area (Å²) in [6.07, 6.45) is 9.75. The van der Waals surface area contributed by atoms with Gasteiger partial charge in [-0.15, -0.1) is 0 Å². The summed E-state index contributed by atoms with van der Waals surface area (Å²) in [6, 6.07) is 0.378. The average Bonchev–Trinajstić information content (AvgIpc) is 3.13. The lowest BCUT2D eigenvalue weighted by molar-refractivity contribution is -0.140. The number of hydrogen-bond donors (Lipinski definition) is 0. The van der Waals surface area contributed by atoms with Crippen molar-refractivity contribution in [2.24, 2.45) is 5.92 Å². The van der Waals surface area contributed by atoms with Gasteiger partial charge in [0, 0.05) is 39.3 Å². The number of piperidine rings is 1. The van der Waals surface area contributed by atoms with Crippen LogP contribution in [0.4, 0.5) is 0 Å². The molecule has 138 valence electrons. The number of nitrogens with zero attached hydrogens (tertiary/aromatic N) is 2. The van der Waals surface area contributed by atoms with E-state index in [9.17, 15) is 4.79 Å². The molecule has 2 aliphatic heterocycles. The van der Waals surface area contributed by atoms with Crippen LogP contribution in [0.15, 0.2) is 0 Å². The third-order valence-electron chi connectivity index (χ3n) is 6.03. The lowest BCUT2D eigenvalue weighted by Crippen LogP contribution is -2.47. The smallest absolute Gasteiger partial charge is 0.248 e. The van der Waals surface area contributed by atoms with Gasteiger partial charge in [-0.2, -0.15) is 0 Å². The maximum Gasteiger partial charge on any atom is 0.248 e. The molecule has 3 aliphatic rings. The van der Waals surface area contributed by atoms with Crippen LogP contribution in [0.5, 0.6) is 0 Å². The molecule has 0 spiro atoms. The second kappa shape index (κ2) is 9.16. The van der Waals surface area contributed by atoms with Crippen LogP contribution in [-0.2, 0) is 14.3 Å². The second-order valence-electron chi connectivity index (χ2n) is 7.84. The van der Waals surface area contributed by atoms with Crippen molar-refractivity contribution in [2.75, 3.05) is 46.5 Å². The molecule has 5 heteroatoms. The zero-order valence-electron chi connectivity index (χ0n) is 15.3. The van der Waals surface area contributed by atoms with E-state index in [1.165, 1.54) is 25.7 Å². The van der Waals surface area contributed by atoms with Crippen LogP contribution in [0.1, 0.15) is 51.4 Å². The van der Waals surface area contributed by atoms with E-state index in [1.54, 1.807) is 0 Å². The Kier molecular flexibility index (Phi) is 6.93. The molecule has 0 aromatic heterocycles. The SMILES string of the molecule is CN(C(=O)COC1CCCCC1)C1CCN(CC2CCOC2)CC1. The van der Waals surface area contributed by atoms with Crippen LogP contribution in [0.3, 0.4) is 0 Å². The summed E-state index contributed by atoms with van der Waals surface area (Å²) in [6.45, 7) is 5.48. The third-order valence-corrected chi connectivity index (χ3v) is 6.03. The molecule has 2 saturated heterocycles. The summed E-state index contributed by atoms with van der Waals surface area (Å²) in [5.74, 6) is 0.869. The van der Waals surface area contributed by atoms with E-state index in [1.807, 2.05) is 11.9 Å². The fourth-order valence-electron chi connectivity index (χ4n) is 4.31. The molecule has 1 unspecified atom stereocenters. The quantitative estimate of drug-likeness (QED) is 0.745. The number of hydrogen-bond acceptors (Lipinski definition) is 4. The molecule has 3 rings (SSSR count). The van der Waals surface area contributed by atoms with Gasteiger partial charge in [-0.3, -0.25) is 4.79 Å². The lowest BCUT2D eigenvalue weighted by Gasteiger charge is -2.37. The first-order valence-electron chi connectivity index (χ1n) is 9.89. The molecule has 0 aromatic rings. The summed E-state index contributed by atoms with van der Waals surface area (Å²) in [5, 5.41) is 0. The molecule has 2 heterocycles. The van der Waals surface area contributed by atoms with Crippen LogP contribution < -0.4 is 0 Å². The van der Waals surface area contributed by atoms with Crippen molar-refractivity contribution in [1.29, 1.82) is 0 Å². The highest BCUT2D eigenvalue weighted by Crippen LogP contribution is 2.22. The van der Waals surface area contributed by atoms with Gasteiger partial charge >= 0.3 is 0 Å². The first kappa shape index (κ1) is 18.2. The van der Waals surface area contributed by atoms with Gasteiger partial charge in [-0.1, -0.05) is 19.3 Å². The molecule has 0 radical (unpaired) electrons. The summed E-state index contributed by atoms with van der Waals surface area (Å²) in [7, 11) is 1.96. The molecule has 5 nitrogen and oxygen atoms in total. The molecule has 0 N–H and O–H groups in total. The van der Waals surface area contributed by atoms with Crippen molar-refractivity contribution in [2.45, 2.75) is 63.5 Å². The molecule has 1 amide bonds. The Balaban J connectivity index is 1.34. The molecule has 24 heavy (non-hydrogen) atoms. The summed E-state index contributed by atoms with van der Waals surface area (Å²) >= 11 is 0. The molecule has 3 fully saturated rings. The zero-order valence-corrected chi connectivity index (χ0v) is 15.3. The van der Waals surface area contributed by atoms with E-state index in [0.717, 1.165) is 58.5 Å². The Morgan fingerprint density at radius 3 is 2.54 bits per heavy atom. The van der Waals surface area contributed by atoms with E-state index in [2.05, 4.69) is 4.90 Å². The molecule has 1 saturated carbocycles. The van der Waals surface area contributed by atoms with E-state index in [-0.39, 0.29) is 12.5 Å². The number of likely N-dealkylation sites (tertiary alicyclic amines) is 1.